The average Bonchev–Trinajstić information content (AvgIpc) is 2.41. The molecule has 0 saturated carbocycles. The topological polar surface area (TPSA) is 52.3 Å². The molecule has 0 aliphatic heterocycles. The summed E-state index contributed by atoms with van der Waals surface area (Å²) in [7, 11) is 1.36. The maximum absolute atomic E-state index is 11.7. The number of ether oxygens (including phenoxy) is 1. The molecule has 0 aromatic heterocycles. The predicted molar refractivity (Wildman–Crippen MR) is 72.8 cm³/mol. The van der Waals surface area contributed by atoms with Crippen molar-refractivity contribution in [1.82, 2.24) is 0 Å². The van der Waals surface area contributed by atoms with E-state index >= 15 is 0 Å². The van der Waals surface area contributed by atoms with E-state index in [4.69, 9.17) is 10.5 Å². The number of benzene rings is 2. The van der Waals surface area contributed by atoms with Gasteiger partial charge in [-0.2, -0.15) is 0 Å². The summed E-state index contributed by atoms with van der Waals surface area (Å²) in [4.78, 5) is 13.4. The zero-order valence-electron chi connectivity index (χ0n) is 9.92. The van der Waals surface area contributed by atoms with Gasteiger partial charge in [-0.05, 0) is 24.3 Å². The molecule has 0 amide bonds. The molecule has 2 N–H and O–H groups in total. The highest BCUT2D eigenvalue weighted by Gasteiger charge is 2.14. The summed E-state index contributed by atoms with van der Waals surface area (Å²) in [6.07, 6.45) is 0. The van der Waals surface area contributed by atoms with Gasteiger partial charge in [0.1, 0.15) is 0 Å². The third kappa shape index (κ3) is 2.65. The Kier molecular flexibility index (Phi) is 3.89. The summed E-state index contributed by atoms with van der Waals surface area (Å²) in [5.41, 5.74) is 7.00. The molecule has 2 rings (SSSR count). The number of rotatable bonds is 3. The van der Waals surface area contributed by atoms with Gasteiger partial charge in [0.2, 0.25) is 0 Å². The first-order valence-electron chi connectivity index (χ1n) is 5.42. The number of methoxy groups -OCH3 is 1. The van der Waals surface area contributed by atoms with Crippen molar-refractivity contribution in [2.24, 2.45) is 0 Å². The Hall–Kier alpha value is -1.94. The third-order valence-corrected chi connectivity index (χ3v) is 3.58. The fourth-order valence-corrected chi connectivity index (χ4v) is 2.52. The highest BCUT2D eigenvalue weighted by atomic mass is 32.2. The molecule has 0 atom stereocenters. The fraction of sp³-hybridized carbons (Fsp3) is 0.0714. The van der Waals surface area contributed by atoms with Crippen LogP contribution in [0.25, 0.3) is 0 Å². The number of carbonyl (C=O) groups is 1. The van der Waals surface area contributed by atoms with Crippen molar-refractivity contribution < 1.29 is 9.53 Å². The number of esters is 1. The van der Waals surface area contributed by atoms with Gasteiger partial charge < -0.3 is 10.5 Å². The molecule has 0 heterocycles. The van der Waals surface area contributed by atoms with Crippen molar-refractivity contribution >= 4 is 23.4 Å². The molecule has 2 aromatic rings. The maximum Gasteiger partial charge on any atom is 0.339 e. The number of nitrogens with two attached hydrogens (primary N) is 1. The Bertz CT molecular complexity index is 555. The predicted octanol–water partition coefficient (Wildman–Crippen LogP) is 3.21. The lowest BCUT2D eigenvalue weighted by atomic mass is 10.2. The van der Waals surface area contributed by atoms with E-state index in [-0.39, 0.29) is 5.97 Å². The number of anilines is 1. The van der Waals surface area contributed by atoms with Crippen LogP contribution in [-0.2, 0) is 4.74 Å². The molecule has 0 bridgehead atoms. The van der Waals surface area contributed by atoms with Crippen LogP contribution in [0.2, 0.25) is 0 Å². The van der Waals surface area contributed by atoms with Gasteiger partial charge in [0.15, 0.2) is 0 Å². The van der Waals surface area contributed by atoms with Crippen LogP contribution in [0.15, 0.2) is 58.3 Å². The number of hydrogen-bond acceptors (Lipinski definition) is 4. The minimum atomic E-state index is -0.374. The van der Waals surface area contributed by atoms with E-state index in [9.17, 15) is 4.79 Å². The molecule has 0 unspecified atom stereocenters. The summed E-state index contributed by atoms with van der Waals surface area (Å²) >= 11 is 1.46. The molecule has 0 radical (unpaired) electrons. The Morgan fingerprint density at radius 3 is 2.50 bits per heavy atom. The molecule has 92 valence electrons. The van der Waals surface area contributed by atoms with Crippen LogP contribution in [0.4, 0.5) is 5.69 Å². The Morgan fingerprint density at radius 1 is 1.11 bits per heavy atom. The summed E-state index contributed by atoms with van der Waals surface area (Å²) < 4.78 is 4.76. The molecule has 3 nitrogen and oxygen atoms in total. The molecular weight excluding hydrogens is 246 g/mol. The lowest BCUT2D eigenvalue weighted by molar-refractivity contribution is 0.0597. The molecule has 0 spiro atoms. The first-order chi connectivity index (χ1) is 8.72. The van der Waals surface area contributed by atoms with E-state index in [2.05, 4.69) is 0 Å². The van der Waals surface area contributed by atoms with Gasteiger partial charge in [0, 0.05) is 15.5 Å². The van der Waals surface area contributed by atoms with Gasteiger partial charge in [0.25, 0.3) is 0 Å². The largest absolute Gasteiger partial charge is 0.465 e. The van der Waals surface area contributed by atoms with Crippen LogP contribution in [-0.4, -0.2) is 13.1 Å². The SMILES string of the molecule is COC(=O)c1cccc(N)c1Sc1ccccc1. The molecule has 0 saturated heterocycles. The molecule has 2 aromatic carbocycles. The van der Waals surface area contributed by atoms with Crippen molar-refractivity contribution in [2.45, 2.75) is 9.79 Å². The standard InChI is InChI=1S/C14H13NO2S/c1-17-14(16)11-8-5-9-12(15)13(11)18-10-6-3-2-4-7-10/h2-9H,15H2,1H3. The van der Waals surface area contributed by atoms with E-state index in [0.29, 0.717) is 11.3 Å². The van der Waals surface area contributed by atoms with Crippen molar-refractivity contribution in [2.75, 3.05) is 12.8 Å². The summed E-state index contributed by atoms with van der Waals surface area (Å²) in [6, 6.07) is 15.0. The second-order valence-electron chi connectivity index (χ2n) is 3.63. The fourth-order valence-electron chi connectivity index (χ4n) is 1.55. The van der Waals surface area contributed by atoms with Crippen LogP contribution in [0, 0.1) is 0 Å². The minimum absolute atomic E-state index is 0.374. The Morgan fingerprint density at radius 2 is 1.83 bits per heavy atom. The lowest BCUT2D eigenvalue weighted by Crippen LogP contribution is -2.04. The highest BCUT2D eigenvalue weighted by molar-refractivity contribution is 7.99. The summed E-state index contributed by atoms with van der Waals surface area (Å²) in [5.74, 6) is -0.374. The van der Waals surface area contributed by atoms with Gasteiger partial charge in [0.05, 0.1) is 12.7 Å². The van der Waals surface area contributed by atoms with Crippen LogP contribution in [0.3, 0.4) is 0 Å². The normalized spacial score (nSPS) is 10.1. The smallest absolute Gasteiger partial charge is 0.339 e. The van der Waals surface area contributed by atoms with Crippen molar-refractivity contribution in [3.05, 3.63) is 54.1 Å². The van der Waals surface area contributed by atoms with Crippen LogP contribution < -0.4 is 5.73 Å². The van der Waals surface area contributed by atoms with E-state index in [1.165, 1.54) is 18.9 Å². The zero-order valence-corrected chi connectivity index (χ0v) is 10.7. The minimum Gasteiger partial charge on any atom is -0.465 e. The number of nitrogen functional groups attached to an aromatic ring is 1. The number of carbonyl (C=O) groups excluding carboxylic acids is 1. The van der Waals surface area contributed by atoms with Crippen LogP contribution >= 0.6 is 11.8 Å². The van der Waals surface area contributed by atoms with Crippen molar-refractivity contribution in [3.63, 3.8) is 0 Å². The average molecular weight is 259 g/mol. The van der Waals surface area contributed by atoms with E-state index in [1.807, 2.05) is 30.3 Å². The van der Waals surface area contributed by atoms with Gasteiger partial charge in [-0.15, -0.1) is 0 Å². The van der Waals surface area contributed by atoms with E-state index < -0.39 is 0 Å². The van der Waals surface area contributed by atoms with E-state index in [0.717, 1.165) is 9.79 Å². The monoisotopic (exact) mass is 259 g/mol. The van der Waals surface area contributed by atoms with Gasteiger partial charge in [-0.3, -0.25) is 0 Å². The summed E-state index contributed by atoms with van der Waals surface area (Å²) in [6.45, 7) is 0. The van der Waals surface area contributed by atoms with E-state index in [1.54, 1.807) is 18.2 Å². The van der Waals surface area contributed by atoms with Crippen LogP contribution in [0.5, 0.6) is 0 Å². The highest BCUT2D eigenvalue weighted by Crippen LogP contribution is 2.35. The summed E-state index contributed by atoms with van der Waals surface area (Å²) in [5, 5.41) is 0. The Balaban J connectivity index is 2.40. The molecular formula is C14H13NO2S. The molecule has 0 fully saturated rings. The quantitative estimate of drug-likeness (QED) is 0.679. The van der Waals surface area contributed by atoms with Gasteiger partial charge in [-0.25, -0.2) is 4.79 Å². The maximum atomic E-state index is 11.7. The second-order valence-corrected chi connectivity index (χ2v) is 4.71. The van der Waals surface area contributed by atoms with Crippen LogP contribution in [0.1, 0.15) is 10.4 Å². The van der Waals surface area contributed by atoms with Crippen molar-refractivity contribution in [3.8, 4) is 0 Å². The second kappa shape index (κ2) is 5.60. The third-order valence-electron chi connectivity index (χ3n) is 2.41. The first-order valence-corrected chi connectivity index (χ1v) is 6.23. The first kappa shape index (κ1) is 12.5. The molecule has 0 aliphatic carbocycles. The molecule has 4 heteroatoms. The lowest BCUT2D eigenvalue weighted by Gasteiger charge is -2.10. The molecule has 0 aliphatic rings. The van der Waals surface area contributed by atoms with Gasteiger partial charge >= 0.3 is 5.97 Å². The zero-order chi connectivity index (χ0) is 13.0. The molecule has 18 heavy (non-hydrogen) atoms. The number of hydrogen-bond donors (Lipinski definition) is 1. The Labute approximate surface area is 110 Å². The van der Waals surface area contributed by atoms with Crippen molar-refractivity contribution in [1.29, 1.82) is 0 Å². The van der Waals surface area contributed by atoms with Gasteiger partial charge in [-0.1, -0.05) is 36.0 Å².